The van der Waals surface area contributed by atoms with Crippen LogP contribution in [0.5, 0.6) is 0 Å². The van der Waals surface area contributed by atoms with Crippen LogP contribution in [0, 0.1) is 11.8 Å². The molecular weight excluding hydrogens is 260 g/mol. The zero-order valence-corrected chi connectivity index (χ0v) is 13.3. The third kappa shape index (κ3) is 5.16. The molecule has 116 valence electrons. The molecule has 1 fully saturated rings. The Morgan fingerprint density at radius 3 is 2.81 bits per heavy atom. The Balaban J connectivity index is 1.78. The number of amides is 1. The van der Waals surface area contributed by atoms with Gasteiger partial charge >= 0.3 is 0 Å². The highest BCUT2D eigenvalue weighted by Gasteiger charge is 2.24. The molecule has 1 amide bonds. The van der Waals surface area contributed by atoms with E-state index in [-0.39, 0.29) is 11.8 Å². The van der Waals surface area contributed by atoms with Crippen LogP contribution < -0.4 is 5.32 Å². The Bertz CT molecular complexity index is 432. The molecule has 0 aromatic heterocycles. The van der Waals surface area contributed by atoms with Crippen molar-refractivity contribution in [2.24, 2.45) is 11.8 Å². The Morgan fingerprint density at radius 1 is 1.38 bits per heavy atom. The van der Waals surface area contributed by atoms with Crippen molar-refractivity contribution < 1.29 is 4.79 Å². The van der Waals surface area contributed by atoms with Crippen molar-refractivity contribution in [1.29, 1.82) is 0 Å². The van der Waals surface area contributed by atoms with E-state index in [4.69, 9.17) is 0 Å². The molecule has 0 spiro atoms. The number of benzene rings is 1. The van der Waals surface area contributed by atoms with Crippen molar-refractivity contribution in [2.75, 3.05) is 26.7 Å². The minimum Gasteiger partial charge on any atom is -0.356 e. The number of hydrogen-bond donors (Lipinski definition) is 1. The van der Waals surface area contributed by atoms with Gasteiger partial charge in [-0.1, -0.05) is 43.7 Å². The molecule has 3 heteroatoms. The van der Waals surface area contributed by atoms with Crippen LogP contribution in [0.25, 0.3) is 0 Å². The first-order valence-electron chi connectivity index (χ1n) is 8.19. The highest BCUT2D eigenvalue weighted by Crippen LogP contribution is 2.16. The summed E-state index contributed by atoms with van der Waals surface area (Å²) >= 11 is 0. The predicted octanol–water partition coefficient (Wildman–Crippen LogP) is 2.71. The predicted molar refractivity (Wildman–Crippen MR) is 87.2 cm³/mol. The van der Waals surface area contributed by atoms with E-state index < -0.39 is 0 Å². The molecule has 0 radical (unpaired) electrons. The molecule has 1 N–H and O–H groups in total. The average Bonchev–Trinajstić information content (AvgIpc) is 2.52. The van der Waals surface area contributed by atoms with E-state index in [1.165, 1.54) is 5.56 Å². The van der Waals surface area contributed by atoms with Gasteiger partial charge < -0.3 is 10.2 Å². The van der Waals surface area contributed by atoms with E-state index in [1.54, 1.807) is 0 Å². The van der Waals surface area contributed by atoms with Crippen molar-refractivity contribution in [3.05, 3.63) is 35.9 Å². The first-order valence-corrected chi connectivity index (χ1v) is 8.19. The summed E-state index contributed by atoms with van der Waals surface area (Å²) in [5, 5.41) is 3.18. The second kappa shape index (κ2) is 8.18. The van der Waals surface area contributed by atoms with Gasteiger partial charge in [0.2, 0.25) is 5.91 Å². The zero-order chi connectivity index (χ0) is 15.1. The van der Waals surface area contributed by atoms with Crippen molar-refractivity contribution in [1.82, 2.24) is 10.2 Å². The lowest BCUT2D eigenvalue weighted by Gasteiger charge is -2.29. The number of nitrogens with one attached hydrogen (secondary N) is 1. The number of carbonyl (C=O) groups excluding carboxylic acids is 1. The Hall–Kier alpha value is -1.35. The number of hydrogen-bond acceptors (Lipinski definition) is 2. The smallest absolute Gasteiger partial charge is 0.224 e. The highest BCUT2D eigenvalue weighted by atomic mass is 16.1. The molecule has 2 atom stereocenters. The van der Waals surface area contributed by atoms with Gasteiger partial charge in [0.15, 0.2) is 0 Å². The molecule has 1 heterocycles. The van der Waals surface area contributed by atoms with Crippen molar-refractivity contribution in [2.45, 2.75) is 32.6 Å². The van der Waals surface area contributed by atoms with Crippen molar-refractivity contribution in [3.8, 4) is 0 Å². The first kappa shape index (κ1) is 16.0. The highest BCUT2D eigenvalue weighted by molar-refractivity contribution is 5.78. The quantitative estimate of drug-likeness (QED) is 0.873. The molecule has 2 rings (SSSR count). The third-order valence-corrected chi connectivity index (χ3v) is 4.50. The van der Waals surface area contributed by atoms with Crippen LogP contribution in [-0.2, 0) is 11.2 Å². The van der Waals surface area contributed by atoms with Crippen LogP contribution in [0.3, 0.4) is 0 Å². The number of rotatable bonds is 6. The summed E-state index contributed by atoms with van der Waals surface area (Å²) in [5.74, 6) is 0.948. The van der Waals surface area contributed by atoms with Gasteiger partial charge in [-0.25, -0.2) is 0 Å². The molecule has 1 aliphatic heterocycles. The SMILES string of the molecule is CC[C@H](CNC(=O)[C@H]1CCCN(C)C1)Cc1ccccc1. The van der Waals surface area contributed by atoms with Gasteiger partial charge in [-0.05, 0) is 44.3 Å². The van der Waals surface area contributed by atoms with Gasteiger partial charge in [0, 0.05) is 13.1 Å². The normalized spacial score (nSPS) is 21.0. The lowest BCUT2D eigenvalue weighted by molar-refractivity contribution is -0.126. The Labute approximate surface area is 128 Å². The maximum atomic E-state index is 12.3. The number of piperidine rings is 1. The van der Waals surface area contributed by atoms with Crippen LogP contribution in [0.2, 0.25) is 0 Å². The van der Waals surface area contributed by atoms with Gasteiger partial charge in [0.25, 0.3) is 0 Å². The van der Waals surface area contributed by atoms with E-state index in [0.717, 1.165) is 45.3 Å². The van der Waals surface area contributed by atoms with Gasteiger partial charge in [0.1, 0.15) is 0 Å². The zero-order valence-electron chi connectivity index (χ0n) is 13.3. The summed E-state index contributed by atoms with van der Waals surface area (Å²) in [6.45, 7) is 5.02. The van der Waals surface area contributed by atoms with Gasteiger partial charge in [-0.2, -0.15) is 0 Å². The van der Waals surface area contributed by atoms with Crippen LogP contribution in [0.15, 0.2) is 30.3 Å². The Morgan fingerprint density at radius 2 is 2.14 bits per heavy atom. The fourth-order valence-corrected chi connectivity index (χ4v) is 3.08. The molecule has 0 bridgehead atoms. The fourth-order valence-electron chi connectivity index (χ4n) is 3.08. The van der Waals surface area contributed by atoms with Crippen LogP contribution in [-0.4, -0.2) is 37.5 Å². The molecular formula is C18H28N2O. The number of likely N-dealkylation sites (tertiary alicyclic amines) is 1. The molecule has 3 nitrogen and oxygen atoms in total. The van der Waals surface area contributed by atoms with E-state index in [1.807, 2.05) is 6.07 Å². The van der Waals surface area contributed by atoms with E-state index in [9.17, 15) is 4.79 Å². The molecule has 1 saturated heterocycles. The summed E-state index contributed by atoms with van der Waals surface area (Å²) in [7, 11) is 2.10. The second-order valence-corrected chi connectivity index (χ2v) is 6.31. The fraction of sp³-hybridized carbons (Fsp3) is 0.611. The van der Waals surface area contributed by atoms with E-state index in [2.05, 4.69) is 48.5 Å². The average molecular weight is 288 g/mol. The Kier molecular flexibility index (Phi) is 6.24. The minimum atomic E-state index is 0.179. The third-order valence-electron chi connectivity index (χ3n) is 4.50. The molecule has 1 aromatic rings. The second-order valence-electron chi connectivity index (χ2n) is 6.31. The van der Waals surface area contributed by atoms with Crippen LogP contribution in [0.1, 0.15) is 31.7 Å². The summed E-state index contributed by atoms with van der Waals surface area (Å²) in [6, 6.07) is 10.5. The van der Waals surface area contributed by atoms with Crippen molar-refractivity contribution >= 4 is 5.91 Å². The largest absolute Gasteiger partial charge is 0.356 e. The standard InChI is InChI=1S/C18H28N2O/c1-3-15(12-16-8-5-4-6-9-16)13-19-18(21)17-10-7-11-20(2)14-17/h4-6,8-9,15,17H,3,7,10-14H2,1-2H3,(H,19,21)/t15-,17-/m0/s1. The monoisotopic (exact) mass is 288 g/mol. The maximum absolute atomic E-state index is 12.3. The summed E-state index contributed by atoms with van der Waals surface area (Å²) in [6.07, 6.45) is 4.31. The van der Waals surface area contributed by atoms with Crippen molar-refractivity contribution in [3.63, 3.8) is 0 Å². The molecule has 1 aliphatic rings. The molecule has 1 aromatic carbocycles. The topological polar surface area (TPSA) is 32.3 Å². The van der Waals surface area contributed by atoms with Gasteiger partial charge in [-0.3, -0.25) is 4.79 Å². The first-order chi connectivity index (χ1) is 10.2. The lowest BCUT2D eigenvalue weighted by Crippen LogP contribution is -2.42. The summed E-state index contributed by atoms with van der Waals surface area (Å²) in [4.78, 5) is 14.5. The lowest BCUT2D eigenvalue weighted by atomic mass is 9.95. The van der Waals surface area contributed by atoms with Gasteiger partial charge in [-0.15, -0.1) is 0 Å². The van der Waals surface area contributed by atoms with Crippen LogP contribution >= 0.6 is 0 Å². The maximum Gasteiger partial charge on any atom is 0.224 e. The summed E-state index contributed by atoms with van der Waals surface area (Å²) in [5.41, 5.74) is 1.36. The molecule has 21 heavy (non-hydrogen) atoms. The molecule has 0 saturated carbocycles. The summed E-state index contributed by atoms with van der Waals surface area (Å²) < 4.78 is 0. The van der Waals surface area contributed by atoms with Gasteiger partial charge in [0.05, 0.1) is 5.92 Å². The number of carbonyl (C=O) groups is 1. The molecule has 0 unspecified atom stereocenters. The van der Waals surface area contributed by atoms with E-state index in [0.29, 0.717) is 5.92 Å². The molecule has 0 aliphatic carbocycles. The van der Waals surface area contributed by atoms with Crippen LogP contribution in [0.4, 0.5) is 0 Å². The number of nitrogens with zero attached hydrogens (tertiary/aromatic N) is 1. The van der Waals surface area contributed by atoms with E-state index >= 15 is 0 Å². The minimum absolute atomic E-state index is 0.179.